The van der Waals surface area contributed by atoms with E-state index in [1.165, 1.54) is 5.56 Å². The Morgan fingerprint density at radius 3 is 2.42 bits per heavy atom. The second-order valence-corrected chi connectivity index (χ2v) is 5.81. The first-order valence-corrected chi connectivity index (χ1v) is 7.44. The van der Waals surface area contributed by atoms with Crippen LogP contribution in [0.3, 0.4) is 0 Å². The molecular weight excluding hydrogens is 300 g/mol. The van der Waals surface area contributed by atoms with Crippen LogP contribution in [-0.4, -0.2) is 5.11 Å². The standard InChI is InChI=1S/C17H19BrO/c1-3-4-13-6-8-14(9-7-13)17(19)16-11-15(18)10-5-12(16)2/h5-11,17,19H,3-4H2,1-2H3. The van der Waals surface area contributed by atoms with Crippen molar-refractivity contribution in [3.63, 3.8) is 0 Å². The van der Waals surface area contributed by atoms with Crippen LogP contribution in [0.4, 0.5) is 0 Å². The lowest BCUT2D eigenvalue weighted by Gasteiger charge is -2.15. The number of rotatable bonds is 4. The molecule has 1 unspecified atom stereocenters. The lowest BCUT2D eigenvalue weighted by Crippen LogP contribution is -2.02. The van der Waals surface area contributed by atoms with Crippen LogP contribution in [0.5, 0.6) is 0 Å². The van der Waals surface area contributed by atoms with Gasteiger partial charge in [0.15, 0.2) is 0 Å². The van der Waals surface area contributed by atoms with E-state index in [9.17, 15) is 5.11 Å². The van der Waals surface area contributed by atoms with Crippen molar-refractivity contribution >= 4 is 15.9 Å². The molecule has 0 heterocycles. The van der Waals surface area contributed by atoms with E-state index >= 15 is 0 Å². The maximum absolute atomic E-state index is 10.5. The molecule has 2 heteroatoms. The van der Waals surface area contributed by atoms with Gasteiger partial charge in [-0.2, -0.15) is 0 Å². The Morgan fingerprint density at radius 1 is 1.11 bits per heavy atom. The summed E-state index contributed by atoms with van der Waals surface area (Å²) in [5, 5.41) is 10.5. The molecule has 2 rings (SSSR count). The normalized spacial score (nSPS) is 12.4. The third-order valence-electron chi connectivity index (χ3n) is 3.37. The Balaban J connectivity index is 2.27. The minimum absolute atomic E-state index is 0.562. The molecule has 0 aliphatic rings. The number of aliphatic hydroxyl groups is 1. The van der Waals surface area contributed by atoms with E-state index < -0.39 is 6.10 Å². The fourth-order valence-corrected chi connectivity index (χ4v) is 2.62. The SMILES string of the molecule is CCCc1ccc(C(O)c2cc(Br)ccc2C)cc1. The van der Waals surface area contributed by atoms with E-state index in [-0.39, 0.29) is 0 Å². The average Bonchev–Trinajstić information content (AvgIpc) is 2.42. The summed E-state index contributed by atoms with van der Waals surface area (Å²) in [6.07, 6.45) is 1.67. The lowest BCUT2D eigenvalue weighted by atomic mass is 9.96. The number of benzene rings is 2. The van der Waals surface area contributed by atoms with Crippen LogP contribution in [-0.2, 0) is 6.42 Å². The summed E-state index contributed by atoms with van der Waals surface area (Å²) in [6.45, 7) is 4.20. The largest absolute Gasteiger partial charge is 0.384 e. The third kappa shape index (κ3) is 3.46. The number of aryl methyl sites for hydroxylation is 2. The molecule has 0 bridgehead atoms. The van der Waals surface area contributed by atoms with E-state index in [0.717, 1.165) is 34.0 Å². The summed E-state index contributed by atoms with van der Waals surface area (Å²) in [7, 11) is 0. The topological polar surface area (TPSA) is 20.2 Å². The van der Waals surface area contributed by atoms with E-state index in [0.29, 0.717) is 0 Å². The number of hydrogen-bond acceptors (Lipinski definition) is 1. The molecule has 0 radical (unpaired) electrons. The molecule has 2 aromatic rings. The highest BCUT2D eigenvalue weighted by Crippen LogP contribution is 2.27. The van der Waals surface area contributed by atoms with Crippen molar-refractivity contribution in [2.24, 2.45) is 0 Å². The number of hydrogen-bond donors (Lipinski definition) is 1. The Hall–Kier alpha value is -1.12. The van der Waals surface area contributed by atoms with E-state index in [2.05, 4.69) is 35.0 Å². The highest BCUT2D eigenvalue weighted by molar-refractivity contribution is 9.10. The van der Waals surface area contributed by atoms with Gasteiger partial charge in [0.2, 0.25) is 0 Å². The van der Waals surface area contributed by atoms with Crippen LogP contribution in [0.2, 0.25) is 0 Å². The first kappa shape index (κ1) is 14.3. The zero-order valence-electron chi connectivity index (χ0n) is 11.4. The monoisotopic (exact) mass is 318 g/mol. The maximum Gasteiger partial charge on any atom is 0.104 e. The predicted molar refractivity (Wildman–Crippen MR) is 83.4 cm³/mol. The molecule has 0 amide bonds. The number of aliphatic hydroxyl groups excluding tert-OH is 1. The molecule has 0 saturated heterocycles. The quantitative estimate of drug-likeness (QED) is 0.859. The van der Waals surface area contributed by atoms with Crippen molar-refractivity contribution in [1.29, 1.82) is 0 Å². The summed E-state index contributed by atoms with van der Waals surface area (Å²) in [6, 6.07) is 14.3. The van der Waals surface area contributed by atoms with Crippen LogP contribution >= 0.6 is 15.9 Å². The lowest BCUT2D eigenvalue weighted by molar-refractivity contribution is 0.219. The second-order valence-electron chi connectivity index (χ2n) is 4.90. The van der Waals surface area contributed by atoms with Crippen LogP contribution in [0.25, 0.3) is 0 Å². The van der Waals surface area contributed by atoms with Crippen LogP contribution < -0.4 is 0 Å². The van der Waals surface area contributed by atoms with Gasteiger partial charge < -0.3 is 5.11 Å². The van der Waals surface area contributed by atoms with Gasteiger partial charge in [0.05, 0.1) is 0 Å². The zero-order valence-corrected chi connectivity index (χ0v) is 12.9. The minimum atomic E-state index is -0.562. The summed E-state index contributed by atoms with van der Waals surface area (Å²) in [4.78, 5) is 0. The summed E-state index contributed by atoms with van der Waals surface area (Å²) in [5.74, 6) is 0. The van der Waals surface area contributed by atoms with Gasteiger partial charge in [-0.25, -0.2) is 0 Å². The van der Waals surface area contributed by atoms with Crippen molar-refractivity contribution in [3.8, 4) is 0 Å². The average molecular weight is 319 g/mol. The zero-order chi connectivity index (χ0) is 13.8. The minimum Gasteiger partial charge on any atom is -0.384 e. The molecule has 1 nitrogen and oxygen atoms in total. The summed E-state index contributed by atoms with van der Waals surface area (Å²) < 4.78 is 0.995. The third-order valence-corrected chi connectivity index (χ3v) is 3.86. The maximum atomic E-state index is 10.5. The van der Waals surface area contributed by atoms with Crippen molar-refractivity contribution < 1.29 is 5.11 Å². The molecule has 0 spiro atoms. The van der Waals surface area contributed by atoms with Crippen molar-refractivity contribution in [2.75, 3.05) is 0 Å². The Bertz CT molecular complexity index is 546. The summed E-state index contributed by atoms with van der Waals surface area (Å²) in [5.41, 5.74) is 4.33. The second kappa shape index (κ2) is 6.36. The molecule has 0 saturated carbocycles. The fraction of sp³-hybridized carbons (Fsp3) is 0.294. The molecule has 1 atom stereocenters. The Morgan fingerprint density at radius 2 is 1.79 bits per heavy atom. The van der Waals surface area contributed by atoms with Gasteiger partial charge in [0.25, 0.3) is 0 Å². The van der Waals surface area contributed by atoms with Crippen LogP contribution in [0.1, 0.15) is 41.7 Å². The fourth-order valence-electron chi connectivity index (χ4n) is 2.24. The number of halogens is 1. The van der Waals surface area contributed by atoms with Gasteiger partial charge in [0.1, 0.15) is 6.10 Å². The first-order chi connectivity index (χ1) is 9.11. The van der Waals surface area contributed by atoms with Gasteiger partial charge in [-0.05, 0) is 47.7 Å². The molecule has 100 valence electrons. The Labute approximate surface area is 123 Å². The van der Waals surface area contributed by atoms with Crippen molar-refractivity contribution in [3.05, 3.63) is 69.2 Å². The van der Waals surface area contributed by atoms with Crippen LogP contribution in [0, 0.1) is 6.92 Å². The Kier molecular flexibility index (Phi) is 4.78. The molecule has 1 N–H and O–H groups in total. The smallest absolute Gasteiger partial charge is 0.104 e. The molecule has 2 aromatic carbocycles. The van der Waals surface area contributed by atoms with Gasteiger partial charge in [-0.3, -0.25) is 0 Å². The van der Waals surface area contributed by atoms with Crippen molar-refractivity contribution in [2.45, 2.75) is 32.8 Å². The molecule has 0 aliphatic carbocycles. The van der Waals surface area contributed by atoms with Crippen LogP contribution in [0.15, 0.2) is 46.9 Å². The van der Waals surface area contributed by atoms with E-state index in [1.54, 1.807) is 0 Å². The van der Waals surface area contributed by atoms with Crippen molar-refractivity contribution in [1.82, 2.24) is 0 Å². The van der Waals surface area contributed by atoms with Gasteiger partial charge in [-0.1, -0.05) is 59.6 Å². The highest BCUT2D eigenvalue weighted by atomic mass is 79.9. The first-order valence-electron chi connectivity index (χ1n) is 6.64. The molecule has 0 aliphatic heterocycles. The summed E-state index contributed by atoms with van der Waals surface area (Å²) >= 11 is 3.46. The van der Waals surface area contributed by atoms with Gasteiger partial charge in [-0.15, -0.1) is 0 Å². The van der Waals surface area contributed by atoms with E-state index in [1.807, 2.05) is 37.3 Å². The predicted octanol–water partition coefficient (Wildman–Crippen LogP) is 4.79. The van der Waals surface area contributed by atoms with Gasteiger partial charge >= 0.3 is 0 Å². The highest BCUT2D eigenvalue weighted by Gasteiger charge is 2.13. The van der Waals surface area contributed by atoms with Gasteiger partial charge in [0, 0.05) is 4.47 Å². The molecule has 0 fully saturated rings. The van der Waals surface area contributed by atoms with E-state index in [4.69, 9.17) is 0 Å². The molecular formula is C17H19BrO. The molecule has 0 aromatic heterocycles. The molecule has 19 heavy (non-hydrogen) atoms.